The van der Waals surface area contributed by atoms with Gasteiger partial charge in [0.1, 0.15) is 0 Å². The number of aryl methyl sites for hydroxylation is 2. The number of carbonyl (C=O) groups excluding carboxylic acids is 1. The highest BCUT2D eigenvalue weighted by molar-refractivity contribution is 8.00. The van der Waals surface area contributed by atoms with Crippen molar-refractivity contribution < 1.29 is 19.8 Å². The van der Waals surface area contributed by atoms with Crippen molar-refractivity contribution in [2.24, 2.45) is 0 Å². The van der Waals surface area contributed by atoms with E-state index >= 15 is 0 Å². The molecule has 0 saturated heterocycles. The number of carboxylic acids is 1. The van der Waals surface area contributed by atoms with Gasteiger partial charge in [-0.2, -0.15) is 0 Å². The van der Waals surface area contributed by atoms with Gasteiger partial charge in [0.2, 0.25) is 5.91 Å². The Bertz CT molecular complexity index is 557. The standard InChI is InChI=1S/C15H19NO4S/c1-15(20,14(18)19)9-16-13(17)8-21-12-6-5-10-3-2-4-11(10)7-12/h5-7,20H,2-4,8-9H2,1H3,(H,16,17)(H,18,19). The first-order valence-electron chi connectivity index (χ1n) is 6.85. The number of hydrogen-bond acceptors (Lipinski definition) is 4. The molecule has 21 heavy (non-hydrogen) atoms. The minimum Gasteiger partial charge on any atom is -0.479 e. The maximum absolute atomic E-state index is 11.7. The first-order chi connectivity index (χ1) is 9.88. The molecule has 0 aromatic heterocycles. The van der Waals surface area contributed by atoms with E-state index in [2.05, 4.69) is 17.4 Å². The molecule has 5 nitrogen and oxygen atoms in total. The summed E-state index contributed by atoms with van der Waals surface area (Å²) in [5, 5.41) is 20.7. The van der Waals surface area contributed by atoms with Crippen molar-refractivity contribution in [3.05, 3.63) is 29.3 Å². The Morgan fingerprint density at radius 2 is 2.05 bits per heavy atom. The smallest absolute Gasteiger partial charge is 0.337 e. The number of benzene rings is 1. The Hall–Kier alpha value is -1.53. The maximum Gasteiger partial charge on any atom is 0.337 e. The van der Waals surface area contributed by atoms with E-state index in [-0.39, 0.29) is 18.2 Å². The first kappa shape index (κ1) is 15.9. The summed E-state index contributed by atoms with van der Waals surface area (Å²) in [6.07, 6.45) is 3.41. The zero-order valence-electron chi connectivity index (χ0n) is 11.9. The highest BCUT2D eigenvalue weighted by atomic mass is 32.2. The molecule has 0 saturated carbocycles. The SMILES string of the molecule is CC(O)(CNC(=O)CSc1ccc2c(c1)CCC2)C(=O)O. The summed E-state index contributed by atoms with van der Waals surface area (Å²) in [4.78, 5) is 23.4. The van der Waals surface area contributed by atoms with Crippen molar-refractivity contribution in [3.8, 4) is 0 Å². The minimum absolute atomic E-state index is 0.203. The molecule has 0 radical (unpaired) electrons. The first-order valence-corrected chi connectivity index (χ1v) is 7.84. The molecular formula is C15H19NO4S. The van der Waals surface area contributed by atoms with E-state index in [0.29, 0.717) is 0 Å². The molecule has 1 aliphatic carbocycles. The summed E-state index contributed by atoms with van der Waals surface area (Å²) in [5.41, 5.74) is 0.809. The zero-order valence-corrected chi connectivity index (χ0v) is 12.7. The van der Waals surface area contributed by atoms with E-state index in [4.69, 9.17) is 5.11 Å². The summed E-state index contributed by atoms with van der Waals surface area (Å²) in [6, 6.07) is 6.24. The van der Waals surface area contributed by atoms with Crippen molar-refractivity contribution in [2.75, 3.05) is 12.3 Å². The van der Waals surface area contributed by atoms with Gasteiger partial charge in [0.05, 0.1) is 12.3 Å². The van der Waals surface area contributed by atoms with Crippen LogP contribution in [0.3, 0.4) is 0 Å². The number of aliphatic carboxylic acids is 1. The summed E-state index contributed by atoms with van der Waals surface area (Å²) in [7, 11) is 0. The maximum atomic E-state index is 11.7. The van der Waals surface area contributed by atoms with Crippen molar-refractivity contribution in [1.29, 1.82) is 0 Å². The van der Waals surface area contributed by atoms with Gasteiger partial charge in [0.25, 0.3) is 0 Å². The van der Waals surface area contributed by atoms with Crippen LogP contribution in [0.5, 0.6) is 0 Å². The average molecular weight is 309 g/mol. The van der Waals surface area contributed by atoms with Crippen molar-refractivity contribution >= 4 is 23.6 Å². The summed E-state index contributed by atoms with van der Waals surface area (Å²) in [5.74, 6) is -1.44. The third kappa shape index (κ3) is 4.22. The van der Waals surface area contributed by atoms with E-state index in [9.17, 15) is 14.7 Å². The van der Waals surface area contributed by atoms with E-state index in [0.717, 1.165) is 24.7 Å². The van der Waals surface area contributed by atoms with Gasteiger partial charge in [0.15, 0.2) is 5.60 Å². The third-order valence-corrected chi connectivity index (χ3v) is 4.52. The van der Waals surface area contributed by atoms with E-state index in [1.165, 1.54) is 29.3 Å². The number of aliphatic hydroxyl groups is 1. The molecule has 0 aliphatic heterocycles. The molecule has 3 N–H and O–H groups in total. The second kappa shape index (κ2) is 6.49. The highest BCUT2D eigenvalue weighted by Gasteiger charge is 2.30. The lowest BCUT2D eigenvalue weighted by molar-refractivity contribution is -0.156. The number of carboxylic acid groups (broad SMARTS) is 1. The molecule has 1 aromatic rings. The van der Waals surface area contributed by atoms with Gasteiger partial charge >= 0.3 is 5.97 Å². The number of amides is 1. The summed E-state index contributed by atoms with van der Waals surface area (Å²) < 4.78 is 0. The molecule has 0 fully saturated rings. The molecule has 1 unspecified atom stereocenters. The third-order valence-electron chi connectivity index (χ3n) is 3.53. The Labute approximate surface area is 127 Å². The topological polar surface area (TPSA) is 86.6 Å². The predicted octanol–water partition coefficient (Wildman–Crippen LogP) is 1.22. The lowest BCUT2D eigenvalue weighted by Gasteiger charge is -2.18. The van der Waals surface area contributed by atoms with Crippen molar-refractivity contribution in [3.63, 3.8) is 0 Å². The zero-order chi connectivity index (χ0) is 15.5. The molecule has 2 rings (SSSR count). The highest BCUT2D eigenvalue weighted by Crippen LogP contribution is 2.27. The van der Waals surface area contributed by atoms with Crippen LogP contribution in [0, 0.1) is 0 Å². The molecule has 1 amide bonds. The van der Waals surface area contributed by atoms with Crippen LogP contribution in [0.1, 0.15) is 24.5 Å². The minimum atomic E-state index is -1.94. The Balaban J connectivity index is 1.80. The number of carbonyl (C=O) groups is 2. The van der Waals surface area contributed by atoms with Crippen LogP contribution < -0.4 is 5.32 Å². The van der Waals surface area contributed by atoms with Crippen LogP contribution in [0.2, 0.25) is 0 Å². The monoisotopic (exact) mass is 309 g/mol. The van der Waals surface area contributed by atoms with Gasteiger partial charge in [-0.1, -0.05) is 6.07 Å². The predicted molar refractivity (Wildman–Crippen MR) is 80.5 cm³/mol. The molecule has 1 atom stereocenters. The fraction of sp³-hybridized carbons (Fsp3) is 0.467. The Morgan fingerprint density at radius 1 is 1.33 bits per heavy atom. The van der Waals surface area contributed by atoms with E-state index in [1.54, 1.807) is 0 Å². The van der Waals surface area contributed by atoms with Gasteiger partial charge in [-0.05, 0) is 49.4 Å². The fourth-order valence-electron chi connectivity index (χ4n) is 2.18. The van der Waals surface area contributed by atoms with Crippen molar-refractivity contribution in [1.82, 2.24) is 5.32 Å². The summed E-state index contributed by atoms with van der Waals surface area (Å²) >= 11 is 1.41. The number of nitrogens with one attached hydrogen (secondary N) is 1. The average Bonchev–Trinajstić information content (AvgIpc) is 2.90. The normalized spacial score (nSPS) is 16.1. The van der Waals surface area contributed by atoms with Gasteiger partial charge < -0.3 is 15.5 Å². The van der Waals surface area contributed by atoms with Crippen LogP contribution in [-0.4, -0.2) is 40.0 Å². The number of thioether (sulfide) groups is 1. The van der Waals surface area contributed by atoms with Crippen LogP contribution in [0.25, 0.3) is 0 Å². The fourth-order valence-corrected chi connectivity index (χ4v) is 2.97. The molecule has 0 bridgehead atoms. The Kier molecular flexibility index (Phi) is 4.90. The lowest BCUT2D eigenvalue weighted by atomic mass is 10.1. The molecule has 114 valence electrons. The lowest BCUT2D eigenvalue weighted by Crippen LogP contribution is -2.46. The van der Waals surface area contributed by atoms with Gasteiger partial charge in [-0.15, -0.1) is 11.8 Å². The van der Waals surface area contributed by atoms with Crippen LogP contribution >= 0.6 is 11.8 Å². The van der Waals surface area contributed by atoms with Crippen LogP contribution in [0.4, 0.5) is 0 Å². The molecule has 1 aromatic carbocycles. The van der Waals surface area contributed by atoms with E-state index in [1.807, 2.05) is 6.07 Å². The quantitative estimate of drug-likeness (QED) is 0.688. The second-order valence-corrected chi connectivity index (χ2v) is 6.48. The van der Waals surface area contributed by atoms with Gasteiger partial charge in [-0.3, -0.25) is 4.79 Å². The van der Waals surface area contributed by atoms with Gasteiger partial charge in [0, 0.05) is 4.90 Å². The molecular weight excluding hydrogens is 290 g/mol. The summed E-state index contributed by atoms with van der Waals surface area (Å²) in [6.45, 7) is 0.856. The van der Waals surface area contributed by atoms with E-state index < -0.39 is 11.6 Å². The van der Waals surface area contributed by atoms with Crippen LogP contribution in [-0.2, 0) is 22.4 Å². The second-order valence-electron chi connectivity index (χ2n) is 5.43. The van der Waals surface area contributed by atoms with Gasteiger partial charge in [-0.25, -0.2) is 4.79 Å². The number of fused-ring (bicyclic) bond motifs is 1. The van der Waals surface area contributed by atoms with Crippen LogP contribution in [0.15, 0.2) is 23.1 Å². The molecule has 0 spiro atoms. The van der Waals surface area contributed by atoms with Crippen molar-refractivity contribution in [2.45, 2.75) is 36.7 Å². The number of hydrogen-bond donors (Lipinski definition) is 3. The molecule has 0 heterocycles. The number of rotatable bonds is 6. The Morgan fingerprint density at radius 3 is 2.76 bits per heavy atom. The largest absolute Gasteiger partial charge is 0.479 e. The molecule has 6 heteroatoms. The molecule has 1 aliphatic rings.